The zero-order valence-electron chi connectivity index (χ0n) is 11.7. The van der Waals surface area contributed by atoms with Crippen LogP contribution in [-0.2, 0) is 10.0 Å². The number of hydrogen-bond acceptors (Lipinski definition) is 3. The van der Waals surface area contributed by atoms with Crippen LogP contribution in [0.15, 0.2) is 15.4 Å². The van der Waals surface area contributed by atoms with Gasteiger partial charge in [0.15, 0.2) is 5.82 Å². The summed E-state index contributed by atoms with van der Waals surface area (Å²) >= 11 is 2.73. The van der Waals surface area contributed by atoms with Gasteiger partial charge in [0.2, 0.25) is 10.0 Å². The Morgan fingerprint density at radius 1 is 1.43 bits per heavy atom. The number of primary sulfonamides is 1. The molecule has 0 saturated heterocycles. The van der Waals surface area contributed by atoms with Gasteiger partial charge in [0.25, 0.3) is 5.91 Å². The van der Waals surface area contributed by atoms with Crippen LogP contribution in [0.5, 0.6) is 0 Å². The van der Waals surface area contributed by atoms with Crippen molar-refractivity contribution in [2.45, 2.75) is 18.7 Å². The highest BCUT2D eigenvalue weighted by Crippen LogP contribution is 2.29. The largest absolute Gasteiger partial charge is 0.341 e. The summed E-state index contributed by atoms with van der Waals surface area (Å²) in [6.07, 6.45) is 0. The van der Waals surface area contributed by atoms with E-state index in [2.05, 4.69) is 15.9 Å². The molecule has 0 spiro atoms. The Hall–Kier alpha value is -1.06. The van der Waals surface area contributed by atoms with E-state index in [-0.39, 0.29) is 16.9 Å². The summed E-state index contributed by atoms with van der Waals surface area (Å²) in [6.45, 7) is 3.92. The van der Waals surface area contributed by atoms with E-state index >= 15 is 0 Å². The fourth-order valence-electron chi connectivity index (χ4n) is 1.85. The summed E-state index contributed by atoms with van der Waals surface area (Å²) in [7, 11) is -3.07. The lowest BCUT2D eigenvalue weighted by molar-refractivity contribution is 0.0768. The molecule has 0 aliphatic carbocycles. The molecule has 0 unspecified atom stereocenters. The smallest absolute Gasteiger partial charge is 0.259 e. The molecule has 1 amide bonds. The molecule has 1 aromatic rings. The van der Waals surface area contributed by atoms with Crippen LogP contribution in [0.4, 0.5) is 8.78 Å². The molecule has 2 N–H and O–H groups in total. The predicted molar refractivity (Wildman–Crippen MR) is 77.2 cm³/mol. The van der Waals surface area contributed by atoms with Crippen molar-refractivity contribution in [3.63, 3.8) is 0 Å². The van der Waals surface area contributed by atoms with E-state index in [0.717, 1.165) is 4.90 Å². The summed E-state index contributed by atoms with van der Waals surface area (Å²) in [6, 6.07) is 0.708. The van der Waals surface area contributed by atoms with Crippen LogP contribution in [0.3, 0.4) is 0 Å². The molecule has 21 heavy (non-hydrogen) atoms. The highest BCUT2D eigenvalue weighted by Gasteiger charge is 2.29. The molecular formula is C12H15BrF2N2O3S. The summed E-state index contributed by atoms with van der Waals surface area (Å²) < 4.78 is 50.5. The number of nitrogens with two attached hydrogens (primary N) is 1. The Balaban J connectivity index is 3.48. The van der Waals surface area contributed by atoms with E-state index in [0.29, 0.717) is 6.07 Å². The fourth-order valence-corrected chi connectivity index (χ4v) is 3.59. The first kappa shape index (κ1) is 18.0. The van der Waals surface area contributed by atoms with Crippen molar-refractivity contribution in [3.05, 3.63) is 27.7 Å². The van der Waals surface area contributed by atoms with Gasteiger partial charge in [-0.2, -0.15) is 0 Å². The third-order valence-corrected chi connectivity index (χ3v) is 4.47. The van der Waals surface area contributed by atoms with Crippen molar-refractivity contribution in [2.75, 3.05) is 13.6 Å². The molecular weight excluding hydrogens is 370 g/mol. The molecule has 0 aliphatic heterocycles. The second kappa shape index (κ2) is 6.37. The minimum Gasteiger partial charge on any atom is -0.341 e. The normalized spacial score (nSPS) is 11.8. The van der Waals surface area contributed by atoms with E-state index in [9.17, 15) is 22.0 Å². The molecule has 0 aliphatic rings. The number of carbonyl (C=O) groups excluding carboxylic acids is 1. The second-order valence-corrected chi connectivity index (χ2v) is 7.34. The van der Waals surface area contributed by atoms with E-state index in [1.807, 2.05) is 13.8 Å². The number of amides is 1. The molecule has 1 rings (SSSR count). The lowest BCUT2D eigenvalue weighted by Crippen LogP contribution is -2.32. The molecule has 1 aromatic carbocycles. The van der Waals surface area contributed by atoms with Crippen molar-refractivity contribution >= 4 is 31.9 Å². The van der Waals surface area contributed by atoms with E-state index in [4.69, 9.17) is 5.14 Å². The van der Waals surface area contributed by atoms with Gasteiger partial charge in [-0.25, -0.2) is 22.3 Å². The molecule has 0 heterocycles. The predicted octanol–water partition coefficient (Wildman–Crippen LogP) is 2.10. The third-order valence-electron chi connectivity index (χ3n) is 2.61. The highest BCUT2D eigenvalue weighted by atomic mass is 79.9. The van der Waals surface area contributed by atoms with Crippen LogP contribution in [0.25, 0.3) is 0 Å². The first-order valence-corrected chi connectivity index (χ1v) is 8.26. The maximum absolute atomic E-state index is 14.3. The standard InChI is InChI=1S/C12H15BrF2N2O3S/c1-6(2)5-17(3)12(18)9-8(14)4-7(13)11(10(9)15)21(16,19)20/h4,6H,5H2,1-3H3,(H2,16,19,20). The monoisotopic (exact) mass is 384 g/mol. The van der Waals surface area contributed by atoms with Gasteiger partial charge < -0.3 is 4.90 Å². The van der Waals surface area contributed by atoms with Crippen molar-refractivity contribution in [1.82, 2.24) is 4.90 Å². The molecule has 0 saturated carbocycles. The Morgan fingerprint density at radius 2 is 1.95 bits per heavy atom. The van der Waals surface area contributed by atoms with Gasteiger partial charge >= 0.3 is 0 Å². The lowest BCUT2D eigenvalue weighted by atomic mass is 10.1. The van der Waals surface area contributed by atoms with Gasteiger partial charge in [0, 0.05) is 18.1 Å². The molecule has 9 heteroatoms. The minimum atomic E-state index is -4.44. The van der Waals surface area contributed by atoms with Crippen molar-refractivity contribution in [1.29, 1.82) is 0 Å². The van der Waals surface area contributed by atoms with Crippen LogP contribution in [0.2, 0.25) is 0 Å². The van der Waals surface area contributed by atoms with Crippen molar-refractivity contribution in [3.8, 4) is 0 Å². The van der Waals surface area contributed by atoms with E-state index in [1.165, 1.54) is 7.05 Å². The molecule has 0 bridgehead atoms. The zero-order valence-corrected chi connectivity index (χ0v) is 14.1. The van der Waals surface area contributed by atoms with Crippen LogP contribution in [0.1, 0.15) is 24.2 Å². The molecule has 0 atom stereocenters. The first-order valence-electron chi connectivity index (χ1n) is 5.92. The minimum absolute atomic E-state index is 0.0817. The zero-order chi connectivity index (χ0) is 16.5. The summed E-state index contributed by atoms with van der Waals surface area (Å²) in [4.78, 5) is 12.3. The number of hydrogen-bond donors (Lipinski definition) is 1. The van der Waals surface area contributed by atoms with E-state index < -0.39 is 38.0 Å². The van der Waals surface area contributed by atoms with Gasteiger partial charge in [-0.3, -0.25) is 4.79 Å². The van der Waals surface area contributed by atoms with E-state index in [1.54, 1.807) is 0 Å². The summed E-state index contributed by atoms with van der Waals surface area (Å²) in [5.74, 6) is -3.52. The molecule has 0 aromatic heterocycles. The fraction of sp³-hybridized carbons (Fsp3) is 0.417. The Kier molecular flexibility index (Phi) is 5.46. The average Bonchev–Trinajstić information content (AvgIpc) is 2.24. The summed E-state index contributed by atoms with van der Waals surface area (Å²) in [5, 5.41) is 4.89. The summed E-state index contributed by atoms with van der Waals surface area (Å²) in [5.41, 5.74) is -0.939. The van der Waals surface area contributed by atoms with Gasteiger partial charge in [0.1, 0.15) is 16.3 Å². The van der Waals surface area contributed by atoms with Crippen LogP contribution in [-0.4, -0.2) is 32.8 Å². The highest BCUT2D eigenvalue weighted by molar-refractivity contribution is 9.10. The lowest BCUT2D eigenvalue weighted by Gasteiger charge is -2.20. The van der Waals surface area contributed by atoms with Gasteiger partial charge in [-0.15, -0.1) is 0 Å². The number of benzene rings is 1. The number of carbonyl (C=O) groups is 1. The topological polar surface area (TPSA) is 80.5 Å². The number of halogens is 3. The Bertz CT molecular complexity index is 678. The molecule has 118 valence electrons. The van der Waals surface area contributed by atoms with Crippen LogP contribution < -0.4 is 5.14 Å². The SMILES string of the molecule is CC(C)CN(C)C(=O)c1c(F)cc(Br)c(S(N)(=O)=O)c1F. The molecule has 0 fully saturated rings. The van der Waals surface area contributed by atoms with Gasteiger partial charge in [-0.1, -0.05) is 13.8 Å². The quantitative estimate of drug-likeness (QED) is 0.862. The Labute approximate surface area is 130 Å². The van der Waals surface area contributed by atoms with Crippen molar-refractivity contribution in [2.24, 2.45) is 11.1 Å². The first-order chi connectivity index (χ1) is 9.46. The third kappa shape index (κ3) is 3.98. The van der Waals surface area contributed by atoms with Gasteiger partial charge in [0.05, 0.1) is 0 Å². The molecule has 0 radical (unpaired) electrons. The van der Waals surface area contributed by atoms with Crippen LogP contribution >= 0.6 is 15.9 Å². The number of sulfonamides is 1. The average molecular weight is 385 g/mol. The number of rotatable bonds is 4. The Morgan fingerprint density at radius 3 is 2.38 bits per heavy atom. The van der Waals surface area contributed by atoms with Crippen LogP contribution in [0, 0.1) is 17.6 Å². The second-order valence-electron chi connectivity index (χ2n) is 4.98. The maximum atomic E-state index is 14.3. The van der Waals surface area contributed by atoms with Gasteiger partial charge in [-0.05, 0) is 27.9 Å². The number of nitrogens with zero attached hydrogens (tertiary/aromatic N) is 1. The van der Waals surface area contributed by atoms with Crippen molar-refractivity contribution < 1.29 is 22.0 Å². The maximum Gasteiger partial charge on any atom is 0.259 e. The molecule has 5 nitrogen and oxygen atoms in total.